The summed E-state index contributed by atoms with van der Waals surface area (Å²) in [7, 11) is 1.62. The highest BCUT2D eigenvalue weighted by Crippen LogP contribution is 2.36. The number of aromatic nitrogens is 2. The molecule has 0 bridgehead atoms. The van der Waals surface area contributed by atoms with Crippen LogP contribution < -0.4 is 4.74 Å². The van der Waals surface area contributed by atoms with E-state index in [9.17, 15) is 0 Å². The fourth-order valence-corrected chi connectivity index (χ4v) is 3.14. The van der Waals surface area contributed by atoms with Crippen LogP contribution in [0.5, 0.6) is 5.75 Å². The summed E-state index contributed by atoms with van der Waals surface area (Å²) < 4.78 is 6.24. The van der Waals surface area contributed by atoms with Crippen LogP contribution in [0, 0.1) is 6.92 Å². The van der Waals surface area contributed by atoms with Gasteiger partial charge in [-0.15, -0.1) is 0 Å². The molecule has 0 fully saturated rings. The topological polar surface area (TPSA) is 35.0 Å². The van der Waals surface area contributed by atoms with Crippen LogP contribution in [0.2, 0.25) is 5.15 Å². The lowest BCUT2D eigenvalue weighted by Crippen LogP contribution is -1.96. The van der Waals surface area contributed by atoms with Crippen molar-refractivity contribution in [2.24, 2.45) is 0 Å². The summed E-state index contributed by atoms with van der Waals surface area (Å²) in [5.41, 5.74) is 2.76. The molecule has 0 radical (unpaired) electrons. The number of methoxy groups -OCH3 is 1. The van der Waals surface area contributed by atoms with Crippen molar-refractivity contribution in [3.63, 3.8) is 0 Å². The van der Waals surface area contributed by atoms with Gasteiger partial charge in [0, 0.05) is 10.0 Å². The minimum Gasteiger partial charge on any atom is -0.494 e. The summed E-state index contributed by atoms with van der Waals surface area (Å²) in [6, 6.07) is 11.7. The zero-order chi connectivity index (χ0) is 15.0. The van der Waals surface area contributed by atoms with E-state index in [1.54, 1.807) is 7.11 Å². The molecule has 0 spiro atoms. The van der Waals surface area contributed by atoms with Crippen molar-refractivity contribution in [1.29, 1.82) is 0 Å². The van der Waals surface area contributed by atoms with Crippen LogP contribution in [0.25, 0.3) is 22.3 Å². The van der Waals surface area contributed by atoms with Crippen LogP contribution in [0.4, 0.5) is 0 Å². The van der Waals surface area contributed by atoms with Gasteiger partial charge in [0.2, 0.25) is 0 Å². The average molecular weight is 364 g/mol. The molecule has 0 aliphatic heterocycles. The number of rotatable bonds is 2. The molecular formula is C16H12BrClN2O. The molecule has 21 heavy (non-hydrogen) atoms. The standard InChI is InChI=1S/C16H12BrClN2O/c1-9-5-3-4-6-10(9)16-19-14-12(21-2)8-7-11(17)13(14)15(18)20-16/h3-8H,1-2H3. The molecule has 1 aromatic heterocycles. The first-order valence-electron chi connectivity index (χ1n) is 6.37. The van der Waals surface area contributed by atoms with E-state index in [0.717, 1.165) is 21.0 Å². The molecule has 0 aliphatic rings. The van der Waals surface area contributed by atoms with Crippen molar-refractivity contribution in [3.8, 4) is 17.1 Å². The van der Waals surface area contributed by atoms with Crippen molar-refractivity contribution in [2.45, 2.75) is 6.92 Å². The molecule has 0 atom stereocenters. The molecule has 0 unspecified atom stereocenters. The number of fused-ring (bicyclic) bond motifs is 1. The van der Waals surface area contributed by atoms with Crippen molar-refractivity contribution < 1.29 is 4.74 Å². The first-order chi connectivity index (χ1) is 10.1. The molecule has 0 aliphatic carbocycles. The maximum absolute atomic E-state index is 6.36. The van der Waals surface area contributed by atoms with Gasteiger partial charge >= 0.3 is 0 Å². The monoisotopic (exact) mass is 362 g/mol. The van der Waals surface area contributed by atoms with Gasteiger partial charge in [-0.2, -0.15) is 0 Å². The summed E-state index contributed by atoms with van der Waals surface area (Å²) >= 11 is 9.85. The number of nitrogens with zero attached hydrogens (tertiary/aromatic N) is 2. The van der Waals surface area contributed by atoms with Gasteiger partial charge in [0.15, 0.2) is 5.82 Å². The second-order valence-electron chi connectivity index (χ2n) is 4.63. The smallest absolute Gasteiger partial charge is 0.161 e. The largest absolute Gasteiger partial charge is 0.494 e. The molecule has 3 nitrogen and oxygen atoms in total. The number of aryl methyl sites for hydroxylation is 1. The molecular weight excluding hydrogens is 352 g/mol. The summed E-state index contributed by atoms with van der Waals surface area (Å²) in [6.45, 7) is 2.02. The van der Waals surface area contributed by atoms with Crippen molar-refractivity contribution >= 4 is 38.4 Å². The molecule has 0 amide bonds. The molecule has 106 valence electrons. The third-order valence-corrected chi connectivity index (χ3v) is 4.26. The number of benzene rings is 2. The number of hydrogen-bond acceptors (Lipinski definition) is 3. The molecule has 5 heteroatoms. The Hall–Kier alpha value is -1.65. The maximum Gasteiger partial charge on any atom is 0.161 e. The fourth-order valence-electron chi connectivity index (χ4n) is 2.24. The summed E-state index contributed by atoms with van der Waals surface area (Å²) in [5.74, 6) is 1.27. The molecule has 0 N–H and O–H groups in total. The highest BCUT2D eigenvalue weighted by molar-refractivity contribution is 9.10. The van der Waals surface area contributed by atoms with E-state index in [1.807, 2.05) is 43.3 Å². The predicted octanol–water partition coefficient (Wildman–Crippen LogP) is 5.03. The summed E-state index contributed by atoms with van der Waals surface area (Å²) in [6.07, 6.45) is 0. The molecule has 1 heterocycles. The Balaban J connectivity index is 2.35. The molecule has 0 saturated heterocycles. The minimum absolute atomic E-state index is 0.407. The number of hydrogen-bond donors (Lipinski definition) is 0. The Morgan fingerprint density at radius 3 is 2.57 bits per heavy atom. The van der Waals surface area contributed by atoms with Crippen molar-refractivity contribution in [3.05, 3.63) is 51.6 Å². The van der Waals surface area contributed by atoms with E-state index in [-0.39, 0.29) is 0 Å². The third-order valence-electron chi connectivity index (χ3n) is 3.32. The van der Waals surface area contributed by atoms with E-state index < -0.39 is 0 Å². The Labute approximate surface area is 136 Å². The Bertz CT molecular complexity index is 836. The average Bonchev–Trinajstić information content (AvgIpc) is 2.47. The van der Waals surface area contributed by atoms with E-state index in [1.165, 1.54) is 0 Å². The Morgan fingerprint density at radius 2 is 1.86 bits per heavy atom. The first kappa shape index (κ1) is 14.3. The lowest BCUT2D eigenvalue weighted by molar-refractivity contribution is 0.419. The molecule has 3 rings (SSSR count). The minimum atomic E-state index is 0.407. The summed E-state index contributed by atoms with van der Waals surface area (Å²) in [4.78, 5) is 9.09. The Kier molecular flexibility index (Phi) is 3.83. The van der Waals surface area contributed by atoms with E-state index in [0.29, 0.717) is 22.2 Å². The van der Waals surface area contributed by atoms with Crippen LogP contribution >= 0.6 is 27.5 Å². The van der Waals surface area contributed by atoms with Crippen LogP contribution in [0.1, 0.15) is 5.56 Å². The lowest BCUT2D eigenvalue weighted by atomic mass is 10.1. The van der Waals surface area contributed by atoms with E-state index in [4.69, 9.17) is 16.3 Å². The van der Waals surface area contributed by atoms with Gasteiger partial charge in [-0.3, -0.25) is 0 Å². The molecule has 0 saturated carbocycles. The quantitative estimate of drug-likeness (QED) is 0.599. The van der Waals surface area contributed by atoms with Gasteiger partial charge < -0.3 is 4.74 Å². The predicted molar refractivity (Wildman–Crippen MR) is 89.0 cm³/mol. The normalized spacial score (nSPS) is 10.9. The number of ether oxygens (including phenoxy) is 1. The van der Waals surface area contributed by atoms with Gasteiger partial charge in [0.1, 0.15) is 16.4 Å². The fraction of sp³-hybridized carbons (Fsp3) is 0.125. The van der Waals surface area contributed by atoms with Crippen LogP contribution in [0.15, 0.2) is 40.9 Å². The van der Waals surface area contributed by atoms with Crippen molar-refractivity contribution in [1.82, 2.24) is 9.97 Å². The van der Waals surface area contributed by atoms with Gasteiger partial charge in [0.05, 0.1) is 12.5 Å². The maximum atomic E-state index is 6.36. The third kappa shape index (κ3) is 2.49. The zero-order valence-electron chi connectivity index (χ0n) is 11.5. The van der Waals surface area contributed by atoms with Crippen LogP contribution in [-0.4, -0.2) is 17.1 Å². The van der Waals surface area contributed by atoms with E-state index >= 15 is 0 Å². The van der Waals surface area contributed by atoms with Crippen LogP contribution in [-0.2, 0) is 0 Å². The van der Waals surface area contributed by atoms with E-state index in [2.05, 4.69) is 25.9 Å². The first-order valence-corrected chi connectivity index (χ1v) is 7.54. The van der Waals surface area contributed by atoms with Crippen molar-refractivity contribution in [2.75, 3.05) is 7.11 Å². The van der Waals surface area contributed by atoms with Gasteiger partial charge in [0.25, 0.3) is 0 Å². The molecule has 3 aromatic rings. The molecule has 2 aromatic carbocycles. The number of halogens is 2. The SMILES string of the molecule is COc1ccc(Br)c2c(Cl)nc(-c3ccccc3C)nc12. The lowest BCUT2D eigenvalue weighted by Gasteiger charge is -2.10. The highest BCUT2D eigenvalue weighted by Gasteiger charge is 2.15. The summed E-state index contributed by atoms with van der Waals surface area (Å²) in [5, 5.41) is 1.16. The zero-order valence-corrected chi connectivity index (χ0v) is 13.9. The van der Waals surface area contributed by atoms with Gasteiger partial charge in [-0.1, -0.05) is 35.9 Å². The second kappa shape index (κ2) is 5.62. The van der Waals surface area contributed by atoms with Gasteiger partial charge in [-0.05, 0) is 40.5 Å². The van der Waals surface area contributed by atoms with Gasteiger partial charge in [-0.25, -0.2) is 9.97 Å². The second-order valence-corrected chi connectivity index (χ2v) is 5.84. The van der Waals surface area contributed by atoms with Crippen LogP contribution in [0.3, 0.4) is 0 Å². The Morgan fingerprint density at radius 1 is 1.10 bits per heavy atom. The highest BCUT2D eigenvalue weighted by atomic mass is 79.9.